The Hall–Kier alpha value is -0.500. The van der Waals surface area contributed by atoms with Gasteiger partial charge in [0.25, 0.3) is 0 Å². The van der Waals surface area contributed by atoms with Gasteiger partial charge in [-0.2, -0.15) is 16.1 Å². The van der Waals surface area contributed by atoms with E-state index in [9.17, 15) is 8.42 Å². The van der Waals surface area contributed by atoms with Gasteiger partial charge in [-0.15, -0.1) is 0 Å². The van der Waals surface area contributed by atoms with Gasteiger partial charge in [0.05, 0.1) is 0 Å². The van der Waals surface area contributed by atoms with E-state index in [4.69, 9.17) is 10.2 Å². The molecule has 0 fully saturated rings. The van der Waals surface area contributed by atoms with Crippen molar-refractivity contribution in [2.75, 3.05) is 19.1 Å². The Morgan fingerprint density at radius 3 is 2.42 bits per heavy atom. The lowest BCUT2D eigenvalue weighted by Crippen LogP contribution is -2.37. The molecule has 1 aromatic heterocycles. The third-order valence-corrected chi connectivity index (χ3v) is 6.18. The smallest absolute Gasteiger partial charge is 0.246 e. The topological polar surface area (TPSA) is 76.5 Å². The van der Waals surface area contributed by atoms with Gasteiger partial charge in [0.2, 0.25) is 10.0 Å². The number of nitrogens with zero attached hydrogens (tertiary/aromatic N) is 1. The molecule has 0 radical (unpaired) electrons. The minimum Gasteiger partial charge on any atom is -0.465 e. The molecule has 0 saturated heterocycles. The van der Waals surface area contributed by atoms with Crippen LogP contribution in [0.1, 0.15) is 24.0 Å². The molecule has 0 aliphatic carbocycles. The Kier molecular flexibility index (Phi) is 5.49. The van der Waals surface area contributed by atoms with Gasteiger partial charge in [-0.25, -0.2) is 8.42 Å². The second-order valence-corrected chi connectivity index (χ2v) is 7.40. The monoisotopic (exact) mass is 306 g/mol. The molecule has 0 spiro atoms. The van der Waals surface area contributed by atoms with E-state index in [-0.39, 0.29) is 17.5 Å². The summed E-state index contributed by atoms with van der Waals surface area (Å²) in [6.07, 6.45) is 1.95. The summed E-state index contributed by atoms with van der Waals surface area (Å²) < 4.78 is 32.1. The van der Waals surface area contributed by atoms with Crippen LogP contribution in [0.3, 0.4) is 0 Å². The van der Waals surface area contributed by atoms with E-state index < -0.39 is 10.0 Å². The Bertz CT molecular complexity index is 537. The van der Waals surface area contributed by atoms with Crippen molar-refractivity contribution in [1.82, 2.24) is 4.31 Å². The van der Waals surface area contributed by atoms with Crippen LogP contribution in [0.5, 0.6) is 0 Å². The number of rotatable bonds is 6. The first kappa shape index (κ1) is 16.6. The summed E-state index contributed by atoms with van der Waals surface area (Å²) in [5.74, 6) is 1.72. The highest BCUT2D eigenvalue weighted by Gasteiger charge is 2.32. The number of furan rings is 1. The first-order valence-corrected chi connectivity index (χ1v) is 8.86. The average Bonchev–Trinajstić information content (AvgIpc) is 2.63. The molecule has 1 heterocycles. The van der Waals surface area contributed by atoms with Gasteiger partial charge in [0, 0.05) is 31.0 Å². The van der Waals surface area contributed by atoms with Crippen molar-refractivity contribution in [1.29, 1.82) is 0 Å². The molecule has 1 rings (SSSR count). The lowest BCUT2D eigenvalue weighted by atomic mass is 10.2. The predicted molar refractivity (Wildman–Crippen MR) is 78.9 cm³/mol. The highest BCUT2D eigenvalue weighted by molar-refractivity contribution is 7.98. The van der Waals surface area contributed by atoms with Gasteiger partial charge < -0.3 is 10.2 Å². The third kappa shape index (κ3) is 3.16. The molecule has 1 unspecified atom stereocenters. The molecular formula is C12H22N2O3S2. The maximum absolute atomic E-state index is 12.7. The molecule has 19 heavy (non-hydrogen) atoms. The number of nitrogens with two attached hydrogens (primary N) is 1. The second-order valence-electron chi connectivity index (χ2n) is 4.55. The van der Waals surface area contributed by atoms with E-state index in [2.05, 4.69) is 0 Å². The van der Waals surface area contributed by atoms with E-state index in [1.165, 1.54) is 4.31 Å². The summed E-state index contributed by atoms with van der Waals surface area (Å²) >= 11 is 1.61. The molecule has 0 bridgehead atoms. The van der Waals surface area contributed by atoms with Crippen LogP contribution >= 0.6 is 11.8 Å². The van der Waals surface area contributed by atoms with Gasteiger partial charge in [-0.1, -0.05) is 0 Å². The number of aryl methyl sites for hydroxylation is 2. The molecule has 0 aromatic carbocycles. The van der Waals surface area contributed by atoms with Crippen LogP contribution in [0.15, 0.2) is 9.31 Å². The minimum absolute atomic E-state index is 0.0831. The maximum atomic E-state index is 12.7. The number of hydrogen-bond donors (Lipinski definition) is 1. The van der Waals surface area contributed by atoms with Gasteiger partial charge in [-0.3, -0.25) is 0 Å². The molecule has 2 N–H and O–H groups in total. The van der Waals surface area contributed by atoms with Crippen molar-refractivity contribution >= 4 is 21.8 Å². The largest absolute Gasteiger partial charge is 0.465 e. The lowest BCUT2D eigenvalue weighted by molar-refractivity contribution is 0.412. The van der Waals surface area contributed by atoms with E-state index in [1.807, 2.05) is 13.2 Å². The Morgan fingerprint density at radius 1 is 1.37 bits per heavy atom. The first-order valence-electron chi connectivity index (χ1n) is 6.03. The summed E-state index contributed by atoms with van der Waals surface area (Å²) in [5.41, 5.74) is 6.22. The summed E-state index contributed by atoms with van der Waals surface area (Å²) in [6, 6.07) is -0.0831. The summed E-state index contributed by atoms with van der Waals surface area (Å²) in [7, 11) is -1.97. The summed E-state index contributed by atoms with van der Waals surface area (Å²) in [4.78, 5) is 0.225. The van der Waals surface area contributed by atoms with Crippen LogP contribution in [0.25, 0.3) is 0 Å². The van der Waals surface area contributed by atoms with Crippen molar-refractivity contribution in [3.63, 3.8) is 0 Å². The van der Waals surface area contributed by atoms with Gasteiger partial charge in [0.1, 0.15) is 16.4 Å². The molecule has 110 valence electrons. The first-order chi connectivity index (χ1) is 8.77. The predicted octanol–water partition coefficient (Wildman–Crippen LogP) is 1.73. The van der Waals surface area contributed by atoms with Crippen molar-refractivity contribution in [2.45, 2.75) is 38.3 Å². The third-order valence-electron chi connectivity index (χ3n) is 3.19. The molecule has 5 nitrogen and oxygen atoms in total. The molecule has 0 aliphatic rings. The van der Waals surface area contributed by atoms with Crippen LogP contribution in [0, 0.1) is 13.8 Å². The molecule has 0 aliphatic heterocycles. The standard InChI is InChI=1S/C12H22N2O3S2/c1-8(7-18-5)14(4)19(15,16)12-10(3)17-9(2)11(12)6-13/h8H,6-7,13H2,1-5H3. The number of thioether (sulfide) groups is 1. The van der Waals surface area contributed by atoms with Crippen molar-refractivity contribution in [2.24, 2.45) is 5.73 Å². The fraction of sp³-hybridized carbons (Fsp3) is 0.667. The zero-order valence-corrected chi connectivity index (χ0v) is 13.7. The maximum Gasteiger partial charge on any atom is 0.246 e. The highest BCUT2D eigenvalue weighted by atomic mass is 32.2. The quantitative estimate of drug-likeness (QED) is 0.866. The lowest BCUT2D eigenvalue weighted by Gasteiger charge is -2.23. The average molecular weight is 306 g/mol. The van der Waals surface area contributed by atoms with Gasteiger partial charge >= 0.3 is 0 Å². The zero-order valence-electron chi connectivity index (χ0n) is 12.1. The molecular weight excluding hydrogens is 284 g/mol. The SMILES string of the molecule is CSCC(C)N(C)S(=O)(=O)c1c(C)oc(C)c1CN. The Labute approximate surface area is 119 Å². The minimum atomic E-state index is -3.57. The number of hydrogen-bond acceptors (Lipinski definition) is 5. The zero-order chi connectivity index (χ0) is 14.8. The molecule has 0 saturated carbocycles. The summed E-state index contributed by atoms with van der Waals surface area (Å²) in [5, 5.41) is 0. The van der Waals surface area contributed by atoms with Gasteiger partial charge in [0.15, 0.2) is 0 Å². The fourth-order valence-electron chi connectivity index (χ4n) is 2.01. The van der Waals surface area contributed by atoms with Crippen molar-refractivity contribution < 1.29 is 12.8 Å². The van der Waals surface area contributed by atoms with Gasteiger partial charge in [-0.05, 0) is 27.0 Å². The normalized spacial score (nSPS) is 14.1. The molecule has 7 heteroatoms. The Balaban J connectivity index is 3.28. The van der Waals surface area contributed by atoms with E-state index in [1.54, 1.807) is 32.7 Å². The van der Waals surface area contributed by atoms with E-state index >= 15 is 0 Å². The van der Waals surface area contributed by atoms with Crippen LogP contribution in [0.4, 0.5) is 0 Å². The fourth-order valence-corrected chi connectivity index (χ4v) is 4.59. The van der Waals surface area contributed by atoms with Crippen LogP contribution in [-0.4, -0.2) is 37.8 Å². The van der Waals surface area contributed by atoms with Crippen molar-refractivity contribution in [3.8, 4) is 0 Å². The second kappa shape index (κ2) is 6.30. The highest BCUT2D eigenvalue weighted by Crippen LogP contribution is 2.29. The van der Waals surface area contributed by atoms with Crippen LogP contribution < -0.4 is 5.73 Å². The molecule has 1 atom stereocenters. The van der Waals surface area contributed by atoms with Crippen LogP contribution in [-0.2, 0) is 16.6 Å². The number of sulfonamides is 1. The molecule has 1 aromatic rings. The van der Waals surface area contributed by atoms with E-state index in [0.717, 1.165) is 5.75 Å². The molecule has 0 amide bonds. The van der Waals surface area contributed by atoms with Crippen molar-refractivity contribution in [3.05, 3.63) is 17.1 Å². The summed E-state index contributed by atoms with van der Waals surface area (Å²) in [6.45, 7) is 5.44. The Morgan fingerprint density at radius 2 is 1.95 bits per heavy atom. The van der Waals surface area contributed by atoms with Crippen LogP contribution in [0.2, 0.25) is 0 Å². The van der Waals surface area contributed by atoms with E-state index in [0.29, 0.717) is 17.1 Å².